The van der Waals surface area contributed by atoms with E-state index in [0.717, 1.165) is 0 Å². The topological polar surface area (TPSA) is 55.5 Å². The normalized spacial score (nSPS) is 10.3. The Kier molecular flexibility index (Phi) is 4.65. The molecule has 0 bridgehead atoms. The van der Waals surface area contributed by atoms with E-state index in [4.69, 9.17) is 22.7 Å². The minimum atomic E-state index is -0.383. The van der Waals surface area contributed by atoms with Crippen LogP contribution in [0, 0.1) is 5.82 Å². The summed E-state index contributed by atoms with van der Waals surface area (Å²) in [6, 6.07) is 11.5. The van der Waals surface area contributed by atoms with Crippen molar-refractivity contribution in [3.05, 3.63) is 65.0 Å². The van der Waals surface area contributed by atoms with E-state index in [9.17, 15) is 9.50 Å². The first-order valence-corrected chi connectivity index (χ1v) is 6.42. The fourth-order valence-electron chi connectivity index (χ4n) is 1.77. The Balaban J connectivity index is 2.18. The number of benzene rings is 2. The van der Waals surface area contributed by atoms with Crippen LogP contribution in [0.1, 0.15) is 16.7 Å². The van der Waals surface area contributed by atoms with Gasteiger partial charge in [-0.2, -0.15) is 0 Å². The molecule has 5 heteroatoms. The number of ether oxygens (including phenoxy) is 1. The third-order valence-corrected chi connectivity index (χ3v) is 3.09. The van der Waals surface area contributed by atoms with Crippen LogP contribution in [0.5, 0.6) is 5.75 Å². The second-order valence-corrected chi connectivity index (χ2v) is 4.66. The Morgan fingerprint density at radius 3 is 2.65 bits per heavy atom. The predicted molar refractivity (Wildman–Crippen MR) is 79.0 cm³/mol. The summed E-state index contributed by atoms with van der Waals surface area (Å²) in [5, 5.41) is 9.20. The SMILES string of the molecule is NC(=S)c1ccc(F)c(COc2ccccc2CO)c1. The molecule has 0 radical (unpaired) electrons. The van der Waals surface area contributed by atoms with Gasteiger partial charge in [-0.1, -0.05) is 30.4 Å². The van der Waals surface area contributed by atoms with Gasteiger partial charge < -0.3 is 15.6 Å². The maximum atomic E-state index is 13.7. The number of hydrogen-bond acceptors (Lipinski definition) is 3. The second-order valence-electron chi connectivity index (χ2n) is 4.22. The van der Waals surface area contributed by atoms with Crippen LogP contribution in [0.4, 0.5) is 4.39 Å². The Morgan fingerprint density at radius 2 is 1.95 bits per heavy atom. The number of aliphatic hydroxyl groups is 1. The number of halogens is 1. The van der Waals surface area contributed by atoms with Crippen LogP contribution in [0.15, 0.2) is 42.5 Å². The van der Waals surface area contributed by atoms with Gasteiger partial charge in [-0.25, -0.2) is 4.39 Å². The lowest BCUT2D eigenvalue weighted by Gasteiger charge is -2.11. The molecule has 0 aromatic heterocycles. The highest BCUT2D eigenvalue weighted by Gasteiger charge is 2.08. The quantitative estimate of drug-likeness (QED) is 0.831. The smallest absolute Gasteiger partial charge is 0.129 e. The minimum Gasteiger partial charge on any atom is -0.488 e. The van der Waals surface area contributed by atoms with Crippen molar-refractivity contribution in [3.63, 3.8) is 0 Å². The molecule has 104 valence electrons. The monoisotopic (exact) mass is 291 g/mol. The van der Waals surface area contributed by atoms with Gasteiger partial charge in [0.05, 0.1) is 6.61 Å². The average molecular weight is 291 g/mol. The number of thiocarbonyl (C=S) groups is 1. The molecule has 0 aliphatic rings. The van der Waals surface area contributed by atoms with Gasteiger partial charge in [-0.15, -0.1) is 0 Å². The highest BCUT2D eigenvalue weighted by molar-refractivity contribution is 7.80. The molecule has 0 aliphatic carbocycles. The number of hydrogen-bond donors (Lipinski definition) is 2. The van der Waals surface area contributed by atoms with Crippen LogP contribution >= 0.6 is 12.2 Å². The Labute approximate surface area is 121 Å². The molecule has 2 rings (SSSR count). The van der Waals surface area contributed by atoms with E-state index >= 15 is 0 Å². The Bertz CT molecular complexity index is 631. The van der Waals surface area contributed by atoms with Crippen LogP contribution in [0.2, 0.25) is 0 Å². The van der Waals surface area contributed by atoms with E-state index in [1.807, 2.05) is 0 Å². The number of aliphatic hydroxyl groups excluding tert-OH is 1. The molecule has 2 aromatic rings. The maximum absolute atomic E-state index is 13.7. The first kappa shape index (κ1) is 14.4. The lowest BCUT2D eigenvalue weighted by atomic mass is 10.1. The van der Waals surface area contributed by atoms with Crippen LogP contribution in [0.25, 0.3) is 0 Å². The first-order valence-electron chi connectivity index (χ1n) is 6.01. The molecule has 3 N–H and O–H groups in total. The van der Waals surface area contributed by atoms with Gasteiger partial charge in [-0.05, 0) is 24.3 Å². The largest absolute Gasteiger partial charge is 0.488 e. The van der Waals surface area contributed by atoms with Gasteiger partial charge in [0.25, 0.3) is 0 Å². The van der Waals surface area contributed by atoms with E-state index in [1.165, 1.54) is 12.1 Å². The molecule has 0 aliphatic heterocycles. The van der Waals surface area contributed by atoms with Gasteiger partial charge in [0.15, 0.2) is 0 Å². The van der Waals surface area contributed by atoms with Crippen molar-refractivity contribution in [2.24, 2.45) is 5.73 Å². The fourth-order valence-corrected chi connectivity index (χ4v) is 1.90. The summed E-state index contributed by atoms with van der Waals surface area (Å²) in [4.78, 5) is 0.210. The predicted octanol–water partition coefficient (Wildman–Crippen LogP) is 2.53. The summed E-state index contributed by atoms with van der Waals surface area (Å²) in [6.45, 7) is -0.0924. The van der Waals surface area contributed by atoms with Crippen LogP contribution in [-0.2, 0) is 13.2 Å². The highest BCUT2D eigenvalue weighted by Crippen LogP contribution is 2.20. The van der Waals surface area contributed by atoms with Crippen molar-refractivity contribution in [3.8, 4) is 5.75 Å². The molecule has 0 spiro atoms. The lowest BCUT2D eigenvalue weighted by Crippen LogP contribution is -2.11. The zero-order chi connectivity index (χ0) is 14.5. The van der Waals surface area contributed by atoms with Crippen LogP contribution in [0.3, 0.4) is 0 Å². The molecule has 0 atom stereocenters. The molecule has 0 saturated heterocycles. The summed E-state index contributed by atoms with van der Waals surface area (Å²) in [6.07, 6.45) is 0. The van der Waals surface area contributed by atoms with Gasteiger partial charge in [0.2, 0.25) is 0 Å². The van der Waals surface area contributed by atoms with E-state index in [2.05, 4.69) is 0 Å². The van der Waals surface area contributed by atoms with E-state index in [0.29, 0.717) is 22.4 Å². The molecule has 0 heterocycles. The molecule has 0 saturated carbocycles. The minimum absolute atomic E-state index is 0.0410. The number of rotatable bonds is 5. The standard InChI is InChI=1S/C15H14FNO2S/c16-13-6-5-10(15(17)20)7-12(13)9-19-14-4-2-1-3-11(14)8-18/h1-7,18H,8-9H2,(H2,17,20). The fraction of sp³-hybridized carbons (Fsp3) is 0.133. The Hall–Kier alpha value is -1.98. The van der Waals surface area contributed by atoms with Crippen molar-refractivity contribution >= 4 is 17.2 Å². The van der Waals surface area contributed by atoms with Crippen molar-refractivity contribution in [1.29, 1.82) is 0 Å². The number of nitrogens with two attached hydrogens (primary N) is 1. The molecule has 20 heavy (non-hydrogen) atoms. The molecule has 3 nitrogen and oxygen atoms in total. The molecule has 0 unspecified atom stereocenters. The lowest BCUT2D eigenvalue weighted by molar-refractivity contribution is 0.257. The van der Waals surface area contributed by atoms with Crippen molar-refractivity contribution < 1.29 is 14.2 Å². The molecule has 0 amide bonds. The van der Waals surface area contributed by atoms with Crippen molar-refractivity contribution in [2.75, 3.05) is 0 Å². The molecule has 2 aromatic carbocycles. The summed E-state index contributed by atoms with van der Waals surface area (Å²) in [5.74, 6) is 0.140. The summed E-state index contributed by atoms with van der Waals surface area (Å²) < 4.78 is 19.3. The summed E-state index contributed by atoms with van der Waals surface area (Å²) in [7, 11) is 0. The second kappa shape index (κ2) is 6.45. The first-order chi connectivity index (χ1) is 9.61. The number of para-hydroxylation sites is 1. The van der Waals surface area contributed by atoms with Gasteiger partial charge >= 0.3 is 0 Å². The van der Waals surface area contributed by atoms with Gasteiger partial charge in [-0.3, -0.25) is 0 Å². The van der Waals surface area contributed by atoms with Gasteiger partial charge in [0.1, 0.15) is 23.2 Å². The van der Waals surface area contributed by atoms with E-state index in [1.54, 1.807) is 30.3 Å². The summed E-state index contributed by atoms with van der Waals surface area (Å²) >= 11 is 4.86. The summed E-state index contributed by atoms with van der Waals surface area (Å²) in [5.41, 5.74) is 7.13. The van der Waals surface area contributed by atoms with Crippen molar-refractivity contribution in [1.82, 2.24) is 0 Å². The zero-order valence-electron chi connectivity index (χ0n) is 10.7. The average Bonchev–Trinajstić information content (AvgIpc) is 2.46. The third kappa shape index (κ3) is 3.31. The third-order valence-electron chi connectivity index (χ3n) is 2.86. The zero-order valence-corrected chi connectivity index (χ0v) is 11.5. The van der Waals surface area contributed by atoms with Crippen molar-refractivity contribution in [2.45, 2.75) is 13.2 Å². The molecular weight excluding hydrogens is 277 g/mol. The van der Waals surface area contributed by atoms with Gasteiger partial charge in [0, 0.05) is 16.7 Å². The molecule has 0 fully saturated rings. The van der Waals surface area contributed by atoms with Crippen LogP contribution < -0.4 is 10.5 Å². The maximum Gasteiger partial charge on any atom is 0.129 e. The van der Waals surface area contributed by atoms with Crippen LogP contribution in [-0.4, -0.2) is 10.1 Å². The van der Waals surface area contributed by atoms with E-state index in [-0.39, 0.29) is 24.0 Å². The van der Waals surface area contributed by atoms with E-state index < -0.39 is 0 Å². The Morgan fingerprint density at radius 1 is 1.20 bits per heavy atom. The highest BCUT2D eigenvalue weighted by atomic mass is 32.1. The molecular formula is C15H14FNO2S.